The van der Waals surface area contributed by atoms with Crippen LogP contribution in [0.2, 0.25) is 0 Å². The van der Waals surface area contributed by atoms with Gasteiger partial charge in [0.05, 0.1) is 0 Å². The van der Waals surface area contributed by atoms with Crippen LogP contribution in [-0.2, 0) is 0 Å². The third-order valence-corrected chi connectivity index (χ3v) is 2.40. The van der Waals surface area contributed by atoms with Crippen LogP contribution in [0.15, 0.2) is 0 Å². The summed E-state index contributed by atoms with van der Waals surface area (Å²) in [5.41, 5.74) is 0.549. The van der Waals surface area contributed by atoms with Crippen LogP contribution in [0.4, 0.5) is 0 Å². The van der Waals surface area contributed by atoms with Gasteiger partial charge in [-0.05, 0) is 37.0 Å². The molecule has 1 atom stereocenters. The van der Waals surface area contributed by atoms with Crippen LogP contribution in [0.3, 0.4) is 0 Å². The Morgan fingerprint density at radius 3 is 2.22 bits per heavy atom. The third kappa shape index (κ3) is 1.70. The van der Waals surface area contributed by atoms with E-state index in [1.54, 1.807) is 0 Å². The third-order valence-electron chi connectivity index (χ3n) is 2.40. The van der Waals surface area contributed by atoms with Crippen molar-refractivity contribution < 1.29 is 0 Å². The van der Waals surface area contributed by atoms with E-state index in [-0.39, 0.29) is 0 Å². The molecule has 0 heteroatoms. The largest absolute Gasteiger partial charge is 0.0599 e. The fraction of sp³-hybridized carbons (Fsp3) is 0.889. The van der Waals surface area contributed by atoms with E-state index in [1.165, 1.54) is 19.3 Å². The molecule has 9 heavy (non-hydrogen) atoms. The maximum Gasteiger partial charge on any atom is -0.0354 e. The van der Waals surface area contributed by atoms with E-state index in [0.29, 0.717) is 5.41 Å². The molecule has 0 aromatic heterocycles. The summed E-state index contributed by atoms with van der Waals surface area (Å²) in [6, 6.07) is 0. The molecule has 0 amide bonds. The fourth-order valence-corrected chi connectivity index (χ4v) is 1.54. The summed E-state index contributed by atoms with van der Waals surface area (Å²) in [4.78, 5) is 0. The van der Waals surface area contributed by atoms with Crippen molar-refractivity contribution in [3.05, 3.63) is 6.42 Å². The first-order valence-corrected chi connectivity index (χ1v) is 3.92. The molecule has 0 saturated heterocycles. The highest BCUT2D eigenvalue weighted by atomic mass is 14.3. The second kappa shape index (κ2) is 2.32. The molecule has 0 spiro atoms. The van der Waals surface area contributed by atoms with Crippen molar-refractivity contribution in [1.82, 2.24) is 0 Å². The number of hydrogen-bond donors (Lipinski definition) is 0. The first-order chi connectivity index (χ1) is 4.11. The Hall–Kier alpha value is 0. The molecule has 0 bridgehead atoms. The molecular formula is C9H17. The SMILES string of the molecule is CC(C)(C)C1C[CH]CC1. The molecule has 0 aliphatic heterocycles. The lowest BCUT2D eigenvalue weighted by Gasteiger charge is -2.26. The van der Waals surface area contributed by atoms with E-state index < -0.39 is 0 Å². The standard InChI is InChI=1S/C9H17/c1-9(2,3)8-6-4-5-7-8/h4,8H,5-7H2,1-3H3. The number of rotatable bonds is 0. The van der Waals surface area contributed by atoms with E-state index in [9.17, 15) is 0 Å². The van der Waals surface area contributed by atoms with Crippen molar-refractivity contribution in [3.8, 4) is 0 Å². The second-order valence-electron chi connectivity index (χ2n) is 4.16. The van der Waals surface area contributed by atoms with Crippen molar-refractivity contribution in [2.24, 2.45) is 11.3 Å². The summed E-state index contributed by atoms with van der Waals surface area (Å²) >= 11 is 0. The van der Waals surface area contributed by atoms with Gasteiger partial charge in [0.25, 0.3) is 0 Å². The van der Waals surface area contributed by atoms with E-state index in [1.807, 2.05) is 0 Å². The Balaban J connectivity index is 2.42. The molecule has 1 saturated carbocycles. The molecule has 0 N–H and O–H groups in total. The monoisotopic (exact) mass is 125 g/mol. The topological polar surface area (TPSA) is 0 Å². The maximum atomic E-state index is 2.43. The average Bonchev–Trinajstić information content (AvgIpc) is 2.08. The second-order valence-corrected chi connectivity index (χ2v) is 4.16. The van der Waals surface area contributed by atoms with Gasteiger partial charge in [-0.3, -0.25) is 0 Å². The first-order valence-electron chi connectivity index (χ1n) is 3.92. The zero-order valence-corrected chi connectivity index (χ0v) is 6.78. The highest BCUT2D eigenvalue weighted by Gasteiger charge is 2.26. The Morgan fingerprint density at radius 1 is 1.33 bits per heavy atom. The molecule has 1 unspecified atom stereocenters. The summed E-state index contributed by atoms with van der Waals surface area (Å²) in [7, 11) is 0. The van der Waals surface area contributed by atoms with Crippen LogP contribution >= 0.6 is 0 Å². The minimum absolute atomic E-state index is 0.549. The van der Waals surface area contributed by atoms with Gasteiger partial charge in [-0.1, -0.05) is 20.8 Å². The van der Waals surface area contributed by atoms with Crippen LogP contribution in [0.25, 0.3) is 0 Å². The Kier molecular flexibility index (Phi) is 1.83. The Labute approximate surface area is 58.7 Å². The molecule has 1 aliphatic carbocycles. The molecule has 1 rings (SSSR count). The van der Waals surface area contributed by atoms with Gasteiger partial charge in [0.1, 0.15) is 0 Å². The van der Waals surface area contributed by atoms with E-state index in [0.717, 1.165) is 5.92 Å². The quantitative estimate of drug-likeness (QED) is 0.467. The number of hydrogen-bond acceptors (Lipinski definition) is 0. The van der Waals surface area contributed by atoms with Gasteiger partial charge < -0.3 is 0 Å². The van der Waals surface area contributed by atoms with Crippen LogP contribution in [0.1, 0.15) is 40.0 Å². The average molecular weight is 125 g/mol. The minimum atomic E-state index is 0.549. The van der Waals surface area contributed by atoms with Gasteiger partial charge in [0.15, 0.2) is 0 Å². The molecule has 0 aromatic carbocycles. The van der Waals surface area contributed by atoms with Gasteiger partial charge in [0.2, 0.25) is 0 Å². The van der Waals surface area contributed by atoms with Crippen molar-refractivity contribution >= 4 is 0 Å². The van der Waals surface area contributed by atoms with Gasteiger partial charge in [-0.25, -0.2) is 0 Å². The predicted molar refractivity (Wildman–Crippen MR) is 41.1 cm³/mol. The summed E-state index contributed by atoms with van der Waals surface area (Å²) in [6.07, 6.45) is 6.55. The molecule has 0 nitrogen and oxygen atoms in total. The summed E-state index contributed by atoms with van der Waals surface area (Å²) < 4.78 is 0. The molecule has 1 fully saturated rings. The van der Waals surface area contributed by atoms with Gasteiger partial charge in [0, 0.05) is 0 Å². The van der Waals surface area contributed by atoms with Crippen molar-refractivity contribution in [3.63, 3.8) is 0 Å². The minimum Gasteiger partial charge on any atom is -0.0599 e. The smallest absolute Gasteiger partial charge is 0.0354 e. The normalized spacial score (nSPS) is 23.0. The summed E-state index contributed by atoms with van der Waals surface area (Å²) in [5.74, 6) is 0.956. The summed E-state index contributed by atoms with van der Waals surface area (Å²) in [6.45, 7) is 7.03. The Morgan fingerprint density at radius 2 is 2.00 bits per heavy atom. The van der Waals surface area contributed by atoms with Crippen molar-refractivity contribution in [2.45, 2.75) is 40.0 Å². The van der Waals surface area contributed by atoms with Crippen molar-refractivity contribution in [2.75, 3.05) is 0 Å². The zero-order valence-electron chi connectivity index (χ0n) is 6.78. The molecule has 0 heterocycles. The van der Waals surface area contributed by atoms with Crippen molar-refractivity contribution in [1.29, 1.82) is 0 Å². The lowest BCUT2D eigenvalue weighted by Crippen LogP contribution is -2.16. The van der Waals surface area contributed by atoms with Crippen LogP contribution < -0.4 is 0 Å². The predicted octanol–water partition coefficient (Wildman–Crippen LogP) is 3.04. The molecule has 53 valence electrons. The van der Waals surface area contributed by atoms with Crippen LogP contribution in [-0.4, -0.2) is 0 Å². The molecule has 0 aromatic rings. The molecular weight excluding hydrogens is 108 g/mol. The van der Waals surface area contributed by atoms with E-state index in [4.69, 9.17) is 0 Å². The maximum absolute atomic E-state index is 2.43. The molecule has 1 radical (unpaired) electrons. The lowest BCUT2D eigenvalue weighted by molar-refractivity contribution is 0.249. The molecule has 1 aliphatic rings. The van der Waals surface area contributed by atoms with Gasteiger partial charge in [-0.15, -0.1) is 0 Å². The fourth-order valence-electron chi connectivity index (χ4n) is 1.54. The van der Waals surface area contributed by atoms with E-state index in [2.05, 4.69) is 27.2 Å². The highest BCUT2D eigenvalue weighted by molar-refractivity contribution is 4.86. The van der Waals surface area contributed by atoms with E-state index >= 15 is 0 Å². The first kappa shape index (κ1) is 7.11. The zero-order chi connectivity index (χ0) is 6.91. The summed E-state index contributed by atoms with van der Waals surface area (Å²) in [5, 5.41) is 0. The lowest BCUT2D eigenvalue weighted by atomic mass is 9.80. The highest BCUT2D eigenvalue weighted by Crippen LogP contribution is 2.38. The van der Waals surface area contributed by atoms with Gasteiger partial charge in [-0.2, -0.15) is 0 Å². The van der Waals surface area contributed by atoms with Crippen LogP contribution in [0.5, 0.6) is 0 Å². The van der Waals surface area contributed by atoms with Crippen LogP contribution in [0, 0.1) is 17.8 Å². The Bertz CT molecular complexity index is 80.7. The van der Waals surface area contributed by atoms with Gasteiger partial charge >= 0.3 is 0 Å².